The Labute approximate surface area is 168 Å². The van der Waals surface area contributed by atoms with Crippen molar-refractivity contribution in [3.63, 3.8) is 0 Å². The average molecular weight is 381 g/mol. The fourth-order valence-corrected chi connectivity index (χ4v) is 3.20. The molecule has 4 aromatic carbocycles. The molecule has 5 nitrogen and oxygen atoms in total. The zero-order valence-corrected chi connectivity index (χ0v) is 15.6. The number of rotatable bonds is 3. The fraction of sp³-hybridized carbons (Fsp3) is 0. The molecule has 0 saturated heterocycles. The van der Waals surface area contributed by atoms with E-state index in [1.807, 2.05) is 54.6 Å². The van der Waals surface area contributed by atoms with Crippen molar-refractivity contribution in [2.45, 2.75) is 0 Å². The number of amides is 2. The van der Waals surface area contributed by atoms with Crippen molar-refractivity contribution in [2.75, 3.05) is 16.0 Å². The SMILES string of the molecule is Nc1ccc(N(C(=O)C(=O)Nc2cccc3ccccc23)c2ccccc2)cc1. The summed E-state index contributed by atoms with van der Waals surface area (Å²) in [6.07, 6.45) is 0. The van der Waals surface area contributed by atoms with Gasteiger partial charge in [0.15, 0.2) is 0 Å². The normalized spacial score (nSPS) is 10.5. The summed E-state index contributed by atoms with van der Waals surface area (Å²) in [6, 6.07) is 29.1. The summed E-state index contributed by atoms with van der Waals surface area (Å²) in [6.45, 7) is 0. The minimum absolute atomic E-state index is 0.559. The lowest BCUT2D eigenvalue weighted by Crippen LogP contribution is -2.36. The number of nitrogens with two attached hydrogens (primary N) is 1. The van der Waals surface area contributed by atoms with Gasteiger partial charge < -0.3 is 11.1 Å². The van der Waals surface area contributed by atoms with Gasteiger partial charge in [0.25, 0.3) is 0 Å². The zero-order chi connectivity index (χ0) is 20.2. The Morgan fingerprint density at radius 2 is 1.31 bits per heavy atom. The van der Waals surface area contributed by atoms with Gasteiger partial charge >= 0.3 is 11.8 Å². The molecular formula is C24H19N3O2. The third-order valence-corrected chi connectivity index (χ3v) is 4.60. The quantitative estimate of drug-likeness (QED) is 0.398. The highest BCUT2D eigenvalue weighted by Crippen LogP contribution is 2.27. The summed E-state index contributed by atoms with van der Waals surface area (Å²) in [7, 11) is 0. The number of hydrogen-bond acceptors (Lipinski definition) is 3. The van der Waals surface area contributed by atoms with Crippen LogP contribution in [0.1, 0.15) is 0 Å². The molecule has 5 heteroatoms. The van der Waals surface area contributed by atoms with Gasteiger partial charge in [-0.05, 0) is 47.9 Å². The summed E-state index contributed by atoms with van der Waals surface area (Å²) in [5.74, 6) is -1.41. The summed E-state index contributed by atoms with van der Waals surface area (Å²) < 4.78 is 0. The van der Waals surface area contributed by atoms with E-state index in [0.29, 0.717) is 22.7 Å². The molecular weight excluding hydrogens is 362 g/mol. The standard InChI is InChI=1S/C24H19N3O2/c25-18-13-15-20(16-14-18)27(19-9-2-1-3-10-19)24(29)23(28)26-22-12-6-8-17-7-4-5-11-21(17)22/h1-16H,25H2,(H,26,28). The molecule has 0 radical (unpaired) electrons. The van der Waals surface area contributed by atoms with Crippen LogP contribution in [-0.4, -0.2) is 11.8 Å². The molecule has 0 fully saturated rings. The Bertz CT molecular complexity index is 1170. The lowest BCUT2D eigenvalue weighted by molar-refractivity contribution is -0.134. The molecule has 0 heterocycles. The first-order valence-electron chi connectivity index (χ1n) is 9.17. The fourth-order valence-electron chi connectivity index (χ4n) is 3.20. The molecule has 3 N–H and O–H groups in total. The van der Waals surface area contributed by atoms with Crippen LogP contribution < -0.4 is 16.0 Å². The molecule has 0 unspecified atom stereocenters. The predicted molar refractivity (Wildman–Crippen MR) is 117 cm³/mol. The Kier molecular flexibility index (Phi) is 4.95. The van der Waals surface area contributed by atoms with E-state index in [0.717, 1.165) is 10.8 Å². The maximum atomic E-state index is 13.2. The summed E-state index contributed by atoms with van der Waals surface area (Å²) in [5.41, 5.74) is 8.09. The van der Waals surface area contributed by atoms with Crippen molar-refractivity contribution in [3.8, 4) is 0 Å². The smallest absolute Gasteiger partial charge is 0.321 e. The van der Waals surface area contributed by atoms with Gasteiger partial charge in [-0.1, -0.05) is 54.6 Å². The van der Waals surface area contributed by atoms with Crippen LogP contribution in [0, 0.1) is 0 Å². The van der Waals surface area contributed by atoms with Crippen molar-refractivity contribution in [1.82, 2.24) is 0 Å². The van der Waals surface area contributed by atoms with Crippen molar-refractivity contribution in [1.29, 1.82) is 0 Å². The van der Waals surface area contributed by atoms with Crippen LogP contribution in [0.15, 0.2) is 97.1 Å². The number of anilines is 4. The molecule has 0 aliphatic heterocycles. The first kappa shape index (κ1) is 18.3. The van der Waals surface area contributed by atoms with Gasteiger partial charge in [-0.3, -0.25) is 14.5 Å². The molecule has 0 saturated carbocycles. The molecule has 4 rings (SSSR count). The van der Waals surface area contributed by atoms with E-state index < -0.39 is 11.8 Å². The molecule has 4 aromatic rings. The molecule has 0 spiro atoms. The molecule has 142 valence electrons. The highest BCUT2D eigenvalue weighted by molar-refractivity contribution is 6.46. The van der Waals surface area contributed by atoms with E-state index in [4.69, 9.17) is 5.73 Å². The van der Waals surface area contributed by atoms with E-state index in [2.05, 4.69) is 5.32 Å². The number of carbonyl (C=O) groups excluding carboxylic acids is 2. The molecule has 0 atom stereocenters. The number of nitrogen functional groups attached to an aromatic ring is 1. The lowest BCUT2D eigenvalue weighted by atomic mass is 10.1. The minimum atomic E-state index is -0.720. The van der Waals surface area contributed by atoms with Gasteiger partial charge in [0.05, 0.1) is 0 Å². The highest BCUT2D eigenvalue weighted by atomic mass is 16.2. The summed E-state index contributed by atoms with van der Waals surface area (Å²) >= 11 is 0. The van der Waals surface area contributed by atoms with Gasteiger partial charge in [0.1, 0.15) is 0 Å². The van der Waals surface area contributed by atoms with Crippen LogP contribution in [0.25, 0.3) is 10.8 Å². The van der Waals surface area contributed by atoms with Gasteiger partial charge in [0, 0.05) is 28.1 Å². The average Bonchev–Trinajstić information content (AvgIpc) is 2.76. The maximum Gasteiger partial charge on any atom is 0.321 e. The second kappa shape index (κ2) is 7.86. The maximum absolute atomic E-state index is 13.2. The van der Waals surface area contributed by atoms with Gasteiger partial charge in [0.2, 0.25) is 0 Å². The van der Waals surface area contributed by atoms with Crippen LogP contribution in [0.4, 0.5) is 22.7 Å². The molecule has 2 amide bonds. The highest BCUT2D eigenvalue weighted by Gasteiger charge is 2.25. The van der Waals surface area contributed by atoms with E-state index in [-0.39, 0.29) is 0 Å². The van der Waals surface area contributed by atoms with Crippen molar-refractivity contribution in [2.24, 2.45) is 0 Å². The van der Waals surface area contributed by atoms with E-state index in [1.165, 1.54) is 4.90 Å². The topological polar surface area (TPSA) is 75.4 Å². The second-order valence-corrected chi connectivity index (χ2v) is 6.55. The van der Waals surface area contributed by atoms with E-state index >= 15 is 0 Å². The second-order valence-electron chi connectivity index (χ2n) is 6.55. The molecule has 0 aromatic heterocycles. The van der Waals surface area contributed by atoms with Crippen LogP contribution in [-0.2, 0) is 9.59 Å². The first-order valence-corrected chi connectivity index (χ1v) is 9.17. The van der Waals surface area contributed by atoms with Gasteiger partial charge in [-0.15, -0.1) is 0 Å². The van der Waals surface area contributed by atoms with Crippen LogP contribution >= 0.6 is 0 Å². The monoisotopic (exact) mass is 381 g/mol. The number of fused-ring (bicyclic) bond motifs is 1. The third-order valence-electron chi connectivity index (χ3n) is 4.60. The Hall–Kier alpha value is -4.12. The van der Waals surface area contributed by atoms with Crippen LogP contribution in [0.2, 0.25) is 0 Å². The molecule has 29 heavy (non-hydrogen) atoms. The summed E-state index contributed by atoms with van der Waals surface area (Å²) in [4.78, 5) is 27.4. The molecule has 0 bridgehead atoms. The Morgan fingerprint density at radius 3 is 2.07 bits per heavy atom. The van der Waals surface area contributed by atoms with Crippen molar-refractivity contribution < 1.29 is 9.59 Å². The van der Waals surface area contributed by atoms with E-state index in [1.54, 1.807) is 42.5 Å². The molecule has 0 aliphatic carbocycles. The summed E-state index contributed by atoms with van der Waals surface area (Å²) in [5, 5.41) is 4.61. The van der Waals surface area contributed by atoms with Crippen molar-refractivity contribution in [3.05, 3.63) is 97.1 Å². The van der Waals surface area contributed by atoms with E-state index in [9.17, 15) is 9.59 Å². The number of nitrogens with zero attached hydrogens (tertiary/aromatic N) is 1. The number of para-hydroxylation sites is 1. The number of hydrogen-bond donors (Lipinski definition) is 2. The molecule has 0 aliphatic rings. The predicted octanol–water partition coefficient (Wildman–Crippen LogP) is 4.73. The Balaban J connectivity index is 1.68. The lowest BCUT2D eigenvalue weighted by Gasteiger charge is -2.22. The first-order chi connectivity index (χ1) is 14.1. The number of carbonyl (C=O) groups is 2. The van der Waals surface area contributed by atoms with Crippen LogP contribution in [0.5, 0.6) is 0 Å². The third kappa shape index (κ3) is 3.80. The van der Waals surface area contributed by atoms with Gasteiger partial charge in [-0.2, -0.15) is 0 Å². The van der Waals surface area contributed by atoms with Gasteiger partial charge in [-0.25, -0.2) is 0 Å². The minimum Gasteiger partial charge on any atom is -0.399 e. The largest absolute Gasteiger partial charge is 0.399 e. The number of nitrogens with one attached hydrogen (secondary N) is 1. The zero-order valence-electron chi connectivity index (χ0n) is 15.6. The number of benzene rings is 4. The van der Waals surface area contributed by atoms with Crippen molar-refractivity contribution >= 4 is 45.3 Å². The van der Waals surface area contributed by atoms with Crippen LogP contribution in [0.3, 0.4) is 0 Å². The Morgan fingerprint density at radius 1 is 0.690 bits per heavy atom.